The first kappa shape index (κ1) is 19.9. The lowest BCUT2D eigenvalue weighted by Crippen LogP contribution is -2.26. The van der Waals surface area contributed by atoms with E-state index in [-0.39, 0.29) is 0 Å². The molecule has 0 spiro atoms. The van der Waals surface area contributed by atoms with Crippen LogP contribution in [0, 0.1) is 5.92 Å². The third-order valence-corrected chi connectivity index (χ3v) is 4.68. The Morgan fingerprint density at radius 2 is 1.81 bits per heavy atom. The van der Waals surface area contributed by atoms with Crippen molar-refractivity contribution in [3.63, 3.8) is 0 Å². The van der Waals surface area contributed by atoms with Gasteiger partial charge in [-0.2, -0.15) is 0 Å². The van der Waals surface area contributed by atoms with Crippen molar-refractivity contribution in [2.24, 2.45) is 5.92 Å². The summed E-state index contributed by atoms with van der Waals surface area (Å²) in [4.78, 5) is 13.4. The number of pyridine rings is 1. The Morgan fingerprint density at radius 1 is 1.08 bits per heavy atom. The molecular formula is C21H31N5. The first-order chi connectivity index (χ1) is 12.7. The predicted molar refractivity (Wildman–Crippen MR) is 110 cm³/mol. The first-order valence-corrected chi connectivity index (χ1v) is 9.59. The van der Waals surface area contributed by atoms with Crippen molar-refractivity contribution in [1.29, 1.82) is 0 Å². The van der Waals surface area contributed by atoms with Crippen LogP contribution >= 0.6 is 0 Å². The van der Waals surface area contributed by atoms with E-state index in [0.29, 0.717) is 12.0 Å². The first-order valence-electron chi connectivity index (χ1n) is 9.59. The molecule has 5 heteroatoms. The van der Waals surface area contributed by atoms with Gasteiger partial charge >= 0.3 is 0 Å². The zero-order chi connectivity index (χ0) is 18.9. The smallest absolute Gasteiger partial charge is 0.223 e. The van der Waals surface area contributed by atoms with Crippen LogP contribution in [-0.4, -0.2) is 28.0 Å². The third-order valence-electron chi connectivity index (χ3n) is 4.68. The molecule has 2 heterocycles. The average molecular weight is 354 g/mol. The van der Waals surface area contributed by atoms with Gasteiger partial charge in [0.15, 0.2) is 0 Å². The maximum Gasteiger partial charge on any atom is 0.223 e. The van der Waals surface area contributed by atoms with E-state index < -0.39 is 0 Å². The van der Waals surface area contributed by atoms with E-state index in [4.69, 9.17) is 0 Å². The minimum Gasteiger partial charge on any atom is -0.373 e. The molecule has 5 nitrogen and oxygen atoms in total. The molecule has 0 radical (unpaired) electrons. The molecule has 1 fully saturated rings. The number of nitrogens with zero attached hydrogens (tertiary/aromatic N) is 3. The Kier molecular flexibility index (Phi) is 7.57. The highest BCUT2D eigenvalue weighted by Crippen LogP contribution is 2.27. The molecule has 26 heavy (non-hydrogen) atoms. The summed E-state index contributed by atoms with van der Waals surface area (Å²) in [6, 6.07) is 6.27. The van der Waals surface area contributed by atoms with Crippen molar-refractivity contribution in [2.45, 2.75) is 52.5 Å². The quantitative estimate of drug-likeness (QED) is 0.793. The molecule has 0 bridgehead atoms. The SMILES string of the molecule is C=C(c1ccnc(NC2CCC(C)CC2)n1)c1cccnc1NC.CC. The maximum atomic E-state index is 4.66. The fraction of sp³-hybridized carbons (Fsp3) is 0.476. The summed E-state index contributed by atoms with van der Waals surface area (Å²) in [5, 5.41) is 6.58. The van der Waals surface area contributed by atoms with Gasteiger partial charge in [0.1, 0.15) is 5.82 Å². The summed E-state index contributed by atoms with van der Waals surface area (Å²) in [6.07, 6.45) is 8.46. The molecule has 1 saturated carbocycles. The second kappa shape index (κ2) is 9.90. The van der Waals surface area contributed by atoms with Crippen LogP contribution < -0.4 is 10.6 Å². The molecule has 140 valence electrons. The van der Waals surface area contributed by atoms with E-state index in [2.05, 4.69) is 39.1 Å². The minimum atomic E-state index is 0.468. The van der Waals surface area contributed by atoms with Crippen LogP contribution in [0.15, 0.2) is 37.2 Å². The summed E-state index contributed by atoms with van der Waals surface area (Å²) in [7, 11) is 1.86. The second-order valence-electron chi connectivity index (χ2n) is 6.49. The summed E-state index contributed by atoms with van der Waals surface area (Å²) < 4.78 is 0. The van der Waals surface area contributed by atoms with E-state index >= 15 is 0 Å². The highest BCUT2D eigenvalue weighted by Gasteiger charge is 2.19. The topological polar surface area (TPSA) is 62.7 Å². The summed E-state index contributed by atoms with van der Waals surface area (Å²) >= 11 is 0. The van der Waals surface area contributed by atoms with Crippen LogP contribution in [0.25, 0.3) is 5.57 Å². The molecule has 0 unspecified atom stereocenters. The molecule has 2 N–H and O–H groups in total. The zero-order valence-corrected chi connectivity index (χ0v) is 16.4. The minimum absolute atomic E-state index is 0.468. The molecule has 0 atom stereocenters. The van der Waals surface area contributed by atoms with Gasteiger partial charge < -0.3 is 10.6 Å². The Morgan fingerprint density at radius 3 is 2.50 bits per heavy atom. The van der Waals surface area contributed by atoms with Crippen molar-refractivity contribution in [1.82, 2.24) is 15.0 Å². The lowest BCUT2D eigenvalue weighted by Gasteiger charge is -2.26. The van der Waals surface area contributed by atoms with Crippen molar-refractivity contribution < 1.29 is 0 Å². The van der Waals surface area contributed by atoms with Crippen molar-refractivity contribution in [3.8, 4) is 0 Å². The normalized spacial score (nSPS) is 19.1. The molecule has 3 rings (SSSR count). The molecule has 0 amide bonds. The van der Waals surface area contributed by atoms with Crippen LogP contribution in [0.5, 0.6) is 0 Å². The van der Waals surface area contributed by atoms with Gasteiger partial charge in [-0.25, -0.2) is 15.0 Å². The third kappa shape index (κ3) is 5.04. The van der Waals surface area contributed by atoms with Crippen LogP contribution in [0.4, 0.5) is 11.8 Å². The number of anilines is 2. The number of nitrogens with one attached hydrogen (secondary N) is 2. The van der Waals surface area contributed by atoms with Gasteiger partial charge in [0.05, 0.1) is 5.69 Å². The summed E-state index contributed by atoms with van der Waals surface area (Å²) in [5.41, 5.74) is 2.62. The van der Waals surface area contributed by atoms with Crippen LogP contribution in [0.2, 0.25) is 0 Å². The molecule has 2 aromatic heterocycles. The Bertz CT molecular complexity index is 705. The van der Waals surface area contributed by atoms with Crippen LogP contribution in [0.3, 0.4) is 0 Å². The number of hydrogen-bond donors (Lipinski definition) is 2. The monoisotopic (exact) mass is 353 g/mol. The van der Waals surface area contributed by atoms with Gasteiger partial charge in [-0.15, -0.1) is 0 Å². The summed E-state index contributed by atoms with van der Waals surface area (Å²) in [6.45, 7) is 10.5. The van der Waals surface area contributed by atoms with E-state index in [9.17, 15) is 0 Å². The number of rotatable bonds is 5. The van der Waals surface area contributed by atoms with E-state index in [1.54, 1.807) is 12.4 Å². The lowest BCUT2D eigenvalue weighted by molar-refractivity contribution is 0.360. The maximum absolute atomic E-state index is 4.66. The van der Waals surface area contributed by atoms with E-state index in [1.807, 2.05) is 39.1 Å². The molecule has 0 aliphatic heterocycles. The number of hydrogen-bond acceptors (Lipinski definition) is 5. The van der Waals surface area contributed by atoms with Gasteiger partial charge in [0.2, 0.25) is 5.95 Å². The van der Waals surface area contributed by atoms with E-state index in [1.165, 1.54) is 25.7 Å². The Hall–Kier alpha value is -2.43. The van der Waals surface area contributed by atoms with Crippen molar-refractivity contribution >= 4 is 17.3 Å². The predicted octanol–water partition coefficient (Wildman–Crippen LogP) is 4.99. The van der Waals surface area contributed by atoms with Gasteiger partial charge in [0, 0.05) is 36.6 Å². The summed E-state index contributed by atoms with van der Waals surface area (Å²) in [5.74, 6) is 2.32. The van der Waals surface area contributed by atoms with Gasteiger partial charge in [-0.1, -0.05) is 27.4 Å². The lowest BCUT2D eigenvalue weighted by atomic mass is 9.87. The van der Waals surface area contributed by atoms with Crippen LogP contribution in [0.1, 0.15) is 57.7 Å². The Labute approximate surface area is 157 Å². The largest absolute Gasteiger partial charge is 0.373 e. The highest BCUT2D eigenvalue weighted by molar-refractivity contribution is 5.82. The van der Waals surface area contributed by atoms with Gasteiger partial charge in [-0.05, 0) is 49.8 Å². The molecule has 0 saturated heterocycles. The molecule has 1 aliphatic carbocycles. The zero-order valence-electron chi connectivity index (χ0n) is 16.4. The number of aromatic nitrogens is 3. The highest BCUT2D eigenvalue weighted by atomic mass is 15.1. The van der Waals surface area contributed by atoms with Gasteiger partial charge in [-0.3, -0.25) is 0 Å². The molecule has 0 aromatic carbocycles. The molecular weight excluding hydrogens is 322 g/mol. The molecule has 2 aromatic rings. The fourth-order valence-electron chi connectivity index (χ4n) is 3.17. The average Bonchev–Trinajstić information content (AvgIpc) is 2.71. The fourth-order valence-corrected chi connectivity index (χ4v) is 3.17. The molecule has 1 aliphatic rings. The van der Waals surface area contributed by atoms with Crippen LogP contribution in [-0.2, 0) is 0 Å². The standard InChI is InChI=1S/C19H25N5.C2H6/c1-13-6-8-15(9-7-13)23-19-22-12-10-17(24-19)14(2)16-5-4-11-21-18(16)20-3;1-2/h4-5,10-13,15H,2,6-9H2,1,3H3,(H,20,21)(H,22,23,24);1-2H3. The Balaban J connectivity index is 0.00000117. The van der Waals surface area contributed by atoms with Crippen molar-refractivity contribution in [2.75, 3.05) is 17.7 Å². The van der Waals surface area contributed by atoms with Crippen molar-refractivity contribution in [3.05, 3.63) is 48.4 Å². The van der Waals surface area contributed by atoms with Gasteiger partial charge in [0.25, 0.3) is 0 Å². The second-order valence-corrected chi connectivity index (χ2v) is 6.49. The van der Waals surface area contributed by atoms with E-state index in [0.717, 1.165) is 28.6 Å².